The number of hydrogen-bond acceptors (Lipinski definition) is 3. The van der Waals surface area contributed by atoms with Crippen molar-refractivity contribution in [2.75, 3.05) is 13.2 Å². The number of carbonyl (C=O) groups is 1. The number of rotatable bonds is 5. The van der Waals surface area contributed by atoms with E-state index in [0.29, 0.717) is 18.2 Å². The highest BCUT2D eigenvalue weighted by atomic mass is 16.5. The van der Waals surface area contributed by atoms with Gasteiger partial charge in [0.05, 0.1) is 17.8 Å². The molecule has 3 aromatic rings. The zero-order chi connectivity index (χ0) is 21.5. The number of carbonyl (C=O) groups excluding carboxylic acids is 1. The lowest BCUT2D eigenvalue weighted by atomic mass is 9.93. The molecule has 1 fully saturated rings. The predicted molar refractivity (Wildman–Crippen MR) is 121 cm³/mol. The smallest absolute Gasteiger partial charge is 0.273 e. The van der Waals surface area contributed by atoms with Gasteiger partial charge in [-0.3, -0.25) is 9.89 Å². The minimum Gasteiger partial charge on any atom is -0.376 e. The van der Waals surface area contributed by atoms with Gasteiger partial charge < -0.3 is 9.64 Å². The molecule has 160 valence electrons. The van der Waals surface area contributed by atoms with Crippen molar-refractivity contribution in [2.24, 2.45) is 0 Å². The molecule has 0 spiro atoms. The molecule has 3 heterocycles. The molecule has 1 N–H and O–H groups in total. The quantitative estimate of drug-likeness (QED) is 0.620. The number of nitrogens with one attached hydrogen (secondary N) is 1. The van der Waals surface area contributed by atoms with Crippen molar-refractivity contribution in [3.05, 3.63) is 76.5 Å². The van der Waals surface area contributed by atoms with E-state index in [1.165, 1.54) is 11.1 Å². The first kappa shape index (κ1) is 20.0. The second-order valence-corrected chi connectivity index (χ2v) is 9.04. The molecule has 0 bridgehead atoms. The SMILES string of the molecule is Cc1ccc(-c2n[nH]c3c2C(c2ccc(C(C)C)cc2)N(CC2CCCO2)C3=O)cc1. The molecule has 5 heteroatoms. The van der Waals surface area contributed by atoms with Crippen molar-refractivity contribution < 1.29 is 9.53 Å². The molecule has 1 saturated heterocycles. The average Bonchev–Trinajstić information content (AvgIpc) is 3.49. The van der Waals surface area contributed by atoms with Crippen LogP contribution in [0.1, 0.15) is 71.4 Å². The largest absolute Gasteiger partial charge is 0.376 e. The highest BCUT2D eigenvalue weighted by Crippen LogP contribution is 2.43. The number of nitrogens with zero attached hydrogens (tertiary/aromatic N) is 2. The Hall–Kier alpha value is -2.92. The van der Waals surface area contributed by atoms with Crippen molar-refractivity contribution in [3.8, 4) is 11.3 Å². The number of benzene rings is 2. The van der Waals surface area contributed by atoms with E-state index < -0.39 is 0 Å². The van der Waals surface area contributed by atoms with E-state index in [2.05, 4.69) is 79.5 Å². The van der Waals surface area contributed by atoms with E-state index in [1.807, 2.05) is 4.90 Å². The Labute approximate surface area is 183 Å². The summed E-state index contributed by atoms with van der Waals surface area (Å²) in [5.74, 6) is 0.476. The summed E-state index contributed by atoms with van der Waals surface area (Å²) < 4.78 is 5.88. The summed E-state index contributed by atoms with van der Waals surface area (Å²) in [5, 5.41) is 7.62. The van der Waals surface area contributed by atoms with Crippen LogP contribution in [0.25, 0.3) is 11.3 Å². The molecule has 2 unspecified atom stereocenters. The maximum absolute atomic E-state index is 13.4. The molecule has 1 amide bonds. The van der Waals surface area contributed by atoms with Gasteiger partial charge in [0.2, 0.25) is 0 Å². The monoisotopic (exact) mass is 415 g/mol. The Morgan fingerprint density at radius 3 is 2.52 bits per heavy atom. The Bertz CT molecular complexity index is 1080. The number of hydrogen-bond donors (Lipinski definition) is 1. The van der Waals surface area contributed by atoms with Crippen molar-refractivity contribution in [1.82, 2.24) is 15.1 Å². The van der Waals surface area contributed by atoms with Gasteiger partial charge in [0, 0.05) is 24.3 Å². The minimum absolute atomic E-state index is 0.00861. The highest BCUT2D eigenvalue weighted by molar-refractivity contribution is 6.00. The number of aryl methyl sites for hydroxylation is 1. The van der Waals surface area contributed by atoms with Crippen LogP contribution in [0.2, 0.25) is 0 Å². The molecular weight excluding hydrogens is 386 g/mol. The van der Waals surface area contributed by atoms with Crippen LogP contribution in [0.3, 0.4) is 0 Å². The Balaban J connectivity index is 1.60. The summed E-state index contributed by atoms with van der Waals surface area (Å²) in [7, 11) is 0. The standard InChI is InChI=1S/C26H29N3O2/c1-16(2)18-10-12-20(13-11-18)25-22-23(19-8-6-17(3)7-9-19)27-28-24(22)26(30)29(25)15-21-5-4-14-31-21/h6-13,16,21,25H,4-5,14-15H2,1-3H3,(H,27,28). The van der Waals surface area contributed by atoms with Crippen LogP contribution in [-0.4, -0.2) is 40.3 Å². The van der Waals surface area contributed by atoms with Gasteiger partial charge in [-0.15, -0.1) is 0 Å². The summed E-state index contributed by atoms with van der Waals surface area (Å²) >= 11 is 0. The van der Waals surface area contributed by atoms with Gasteiger partial charge in [-0.25, -0.2) is 0 Å². The van der Waals surface area contributed by atoms with E-state index in [0.717, 1.165) is 41.8 Å². The lowest BCUT2D eigenvalue weighted by molar-refractivity contribution is 0.0495. The number of aromatic amines is 1. The summed E-state index contributed by atoms with van der Waals surface area (Å²) in [5.41, 5.74) is 7.08. The number of aromatic nitrogens is 2. The van der Waals surface area contributed by atoms with Crippen LogP contribution in [-0.2, 0) is 4.74 Å². The molecule has 0 radical (unpaired) electrons. The third-order valence-corrected chi connectivity index (χ3v) is 6.53. The first-order valence-electron chi connectivity index (χ1n) is 11.2. The number of amides is 1. The van der Waals surface area contributed by atoms with Crippen LogP contribution >= 0.6 is 0 Å². The van der Waals surface area contributed by atoms with E-state index in [4.69, 9.17) is 4.74 Å². The predicted octanol–water partition coefficient (Wildman–Crippen LogP) is 5.23. The number of ether oxygens (including phenoxy) is 1. The summed E-state index contributed by atoms with van der Waals surface area (Å²) in [6, 6.07) is 16.9. The molecule has 5 rings (SSSR count). The van der Waals surface area contributed by atoms with Gasteiger partial charge in [0.1, 0.15) is 5.69 Å². The summed E-state index contributed by atoms with van der Waals surface area (Å²) in [6.45, 7) is 7.85. The highest BCUT2D eigenvalue weighted by Gasteiger charge is 2.43. The third-order valence-electron chi connectivity index (χ3n) is 6.53. The zero-order valence-corrected chi connectivity index (χ0v) is 18.4. The minimum atomic E-state index is -0.164. The molecule has 0 saturated carbocycles. The molecule has 31 heavy (non-hydrogen) atoms. The van der Waals surface area contributed by atoms with Crippen LogP contribution in [0.4, 0.5) is 0 Å². The number of H-pyrrole nitrogens is 1. The maximum atomic E-state index is 13.4. The second kappa shape index (κ2) is 7.97. The summed E-state index contributed by atoms with van der Waals surface area (Å²) in [6.07, 6.45) is 2.16. The second-order valence-electron chi connectivity index (χ2n) is 9.04. The van der Waals surface area contributed by atoms with Crippen molar-refractivity contribution in [2.45, 2.75) is 51.7 Å². The first-order chi connectivity index (χ1) is 15.0. The Kier molecular flexibility index (Phi) is 5.14. The molecule has 2 aliphatic heterocycles. The molecule has 0 aliphatic carbocycles. The topological polar surface area (TPSA) is 58.2 Å². The molecule has 1 aromatic heterocycles. The molecular formula is C26H29N3O2. The summed E-state index contributed by atoms with van der Waals surface area (Å²) in [4.78, 5) is 15.4. The normalized spacial score (nSPS) is 20.6. The van der Waals surface area contributed by atoms with E-state index >= 15 is 0 Å². The first-order valence-corrected chi connectivity index (χ1v) is 11.2. The maximum Gasteiger partial charge on any atom is 0.273 e. The number of fused-ring (bicyclic) bond motifs is 1. The zero-order valence-electron chi connectivity index (χ0n) is 18.4. The van der Waals surface area contributed by atoms with Crippen molar-refractivity contribution >= 4 is 5.91 Å². The van der Waals surface area contributed by atoms with Gasteiger partial charge in [-0.1, -0.05) is 67.9 Å². The van der Waals surface area contributed by atoms with Gasteiger partial charge in [-0.2, -0.15) is 5.10 Å². The van der Waals surface area contributed by atoms with Crippen molar-refractivity contribution in [1.29, 1.82) is 0 Å². The Morgan fingerprint density at radius 1 is 1.13 bits per heavy atom. The lowest BCUT2D eigenvalue weighted by Crippen LogP contribution is -2.36. The van der Waals surface area contributed by atoms with E-state index in [-0.39, 0.29) is 18.1 Å². The average molecular weight is 416 g/mol. The fraction of sp³-hybridized carbons (Fsp3) is 0.385. The molecule has 5 nitrogen and oxygen atoms in total. The van der Waals surface area contributed by atoms with Crippen LogP contribution in [0.15, 0.2) is 48.5 Å². The van der Waals surface area contributed by atoms with Crippen LogP contribution < -0.4 is 0 Å². The van der Waals surface area contributed by atoms with Crippen LogP contribution in [0.5, 0.6) is 0 Å². The van der Waals surface area contributed by atoms with Gasteiger partial charge in [0.25, 0.3) is 5.91 Å². The molecule has 2 aromatic carbocycles. The third kappa shape index (κ3) is 3.57. The van der Waals surface area contributed by atoms with Gasteiger partial charge in [0.15, 0.2) is 0 Å². The van der Waals surface area contributed by atoms with E-state index in [9.17, 15) is 4.79 Å². The fourth-order valence-electron chi connectivity index (χ4n) is 4.73. The lowest BCUT2D eigenvalue weighted by Gasteiger charge is -2.28. The molecule has 2 aliphatic rings. The Morgan fingerprint density at radius 2 is 1.87 bits per heavy atom. The molecule has 2 atom stereocenters. The van der Waals surface area contributed by atoms with Gasteiger partial charge in [-0.05, 0) is 36.8 Å². The van der Waals surface area contributed by atoms with Gasteiger partial charge >= 0.3 is 0 Å². The van der Waals surface area contributed by atoms with E-state index in [1.54, 1.807) is 0 Å². The van der Waals surface area contributed by atoms with Crippen molar-refractivity contribution in [3.63, 3.8) is 0 Å². The van der Waals surface area contributed by atoms with Crippen LogP contribution in [0, 0.1) is 6.92 Å². The fourth-order valence-corrected chi connectivity index (χ4v) is 4.73.